The number of carbonyl (C=O) groups is 1. The third-order valence-corrected chi connectivity index (χ3v) is 5.16. The molecule has 1 unspecified atom stereocenters. The smallest absolute Gasteiger partial charge is 0.433 e. The van der Waals surface area contributed by atoms with Gasteiger partial charge in [-0.05, 0) is 53.4 Å². The van der Waals surface area contributed by atoms with Gasteiger partial charge < -0.3 is 18.8 Å². The van der Waals surface area contributed by atoms with Crippen LogP contribution in [0.5, 0.6) is 0 Å². The molecular formula is C19H33BO5. The quantitative estimate of drug-likeness (QED) is 0.548. The first-order chi connectivity index (χ1) is 11.3. The van der Waals surface area contributed by atoms with Crippen molar-refractivity contribution < 1.29 is 23.6 Å². The predicted octanol–water partition coefficient (Wildman–Crippen LogP) is 4.19. The molecule has 1 saturated heterocycles. The number of hydrogen-bond donors (Lipinski definition) is 0. The topological polar surface area (TPSA) is 54.0 Å². The summed E-state index contributed by atoms with van der Waals surface area (Å²) in [6.45, 7) is 15.9. The minimum absolute atomic E-state index is 0.227. The van der Waals surface area contributed by atoms with E-state index in [2.05, 4.69) is 0 Å². The lowest BCUT2D eigenvalue weighted by Gasteiger charge is -2.41. The Kier molecular flexibility index (Phi) is 5.49. The van der Waals surface area contributed by atoms with E-state index in [1.54, 1.807) is 0 Å². The normalized spacial score (nSPS) is 30.1. The van der Waals surface area contributed by atoms with Crippen LogP contribution in [0.3, 0.4) is 0 Å². The molecule has 2 aliphatic heterocycles. The van der Waals surface area contributed by atoms with Gasteiger partial charge in [0.25, 0.3) is 0 Å². The Labute approximate surface area is 152 Å². The Bertz CT molecular complexity index is 536. The molecule has 0 amide bonds. The molecule has 0 N–H and O–H groups in total. The van der Waals surface area contributed by atoms with E-state index in [1.807, 2.05) is 61.5 Å². The molecule has 0 aliphatic carbocycles. The van der Waals surface area contributed by atoms with Crippen LogP contribution < -0.4 is 0 Å². The van der Waals surface area contributed by atoms with Gasteiger partial charge in [0.05, 0.1) is 16.8 Å². The molecule has 0 saturated carbocycles. The van der Waals surface area contributed by atoms with Crippen LogP contribution in [0.15, 0.2) is 11.5 Å². The van der Waals surface area contributed by atoms with Crippen molar-refractivity contribution in [2.75, 3.05) is 0 Å². The molecule has 142 valence electrons. The molecule has 0 aromatic carbocycles. The molecule has 0 aromatic rings. The number of esters is 1. The number of ether oxygens (including phenoxy) is 2. The first-order valence-electron chi connectivity index (χ1n) is 9.28. The highest BCUT2D eigenvalue weighted by molar-refractivity contribution is 6.54. The van der Waals surface area contributed by atoms with Gasteiger partial charge in [-0.15, -0.1) is 0 Å². The van der Waals surface area contributed by atoms with Crippen LogP contribution in [-0.4, -0.2) is 35.7 Å². The highest BCUT2D eigenvalue weighted by Crippen LogP contribution is 2.43. The summed E-state index contributed by atoms with van der Waals surface area (Å²) in [4.78, 5) is 12.1. The van der Waals surface area contributed by atoms with E-state index in [9.17, 15) is 4.79 Å². The highest BCUT2D eigenvalue weighted by atomic mass is 16.7. The van der Waals surface area contributed by atoms with Gasteiger partial charge in [0.15, 0.2) is 0 Å². The minimum atomic E-state index is -1.01. The van der Waals surface area contributed by atoms with Crippen molar-refractivity contribution in [1.29, 1.82) is 0 Å². The number of carbonyl (C=O) groups excluding carboxylic acids is 1. The second-order valence-electron chi connectivity index (χ2n) is 8.90. The maximum Gasteiger partial charge on any atom is 0.490 e. The predicted molar refractivity (Wildman–Crippen MR) is 98.0 cm³/mol. The van der Waals surface area contributed by atoms with E-state index < -0.39 is 29.7 Å². The van der Waals surface area contributed by atoms with Crippen molar-refractivity contribution in [3.05, 3.63) is 11.5 Å². The molecule has 0 radical (unpaired) electrons. The highest BCUT2D eigenvalue weighted by Gasteiger charge is 2.55. The second-order valence-corrected chi connectivity index (χ2v) is 8.90. The average molecular weight is 352 g/mol. The SMILES string of the molecule is CCCCC(=O)OC1(C)CC(B2OC(C)(C)C(C)(C)O2)=CC(C)(C)O1. The fourth-order valence-corrected chi connectivity index (χ4v) is 3.31. The Morgan fingerprint density at radius 3 is 2.20 bits per heavy atom. The van der Waals surface area contributed by atoms with E-state index in [0.717, 1.165) is 18.3 Å². The molecule has 5 nitrogen and oxygen atoms in total. The molecule has 6 heteroatoms. The molecule has 0 aromatic heterocycles. The van der Waals surface area contributed by atoms with Gasteiger partial charge in [0, 0.05) is 19.8 Å². The van der Waals surface area contributed by atoms with E-state index in [0.29, 0.717) is 12.8 Å². The van der Waals surface area contributed by atoms with Crippen LogP contribution in [0.25, 0.3) is 0 Å². The van der Waals surface area contributed by atoms with Gasteiger partial charge in [-0.1, -0.05) is 19.4 Å². The Morgan fingerprint density at radius 2 is 1.68 bits per heavy atom. The van der Waals surface area contributed by atoms with Crippen LogP contribution >= 0.6 is 0 Å². The van der Waals surface area contributed by atoms with Crippen LogP contribution in [0.2, 0.25) is 0 Å². The van der Waals surface area contributed by atoms with Crippen molar-refractivity contribution >= 4 is 13.1 Å². The van der Waals surface area contributed by atoms with Crippen molar-refractivity contribution in [2.45, 2.75) is 104 Å². The van der Waals surface area contributed by atoms with Crippen molar-refractivity contribution in [3.8, 4) is 0 Å². The lowest BCUT2D eigenvalue weighted by atomic mass is 9.71. The molecule has 2 rings (SSSR count). The van der Waals surface area contributed by atoms with E-state index in [-0.39, 0.29) is 5.97 Å². The van der Waals surface area contributed by atoms with Crippen LogP contribution in [0.1, 0.15) is 81.1 Å². The maximum absolute atomic E-state index is 12.1. The Morgan fingerprint density at radius 1 is 1.12 bits per heavy atom. The molecule has 1 fully saturated rings. The molecule has 1 atom stereocenters. The summed E-state index contributed by atoms with van der Waals surface area (Å²) in [5.41, 5.74) is -0.429. The number of rotatable bonds is 5. The summed E-state index contributed by atoms with van der Waals surface area (Å²) in [5, 5.41) is 0. The van der Waals surface area contributed by atoms with Crippen molar-refractivity contribution in [2.24, 2.45) is 0 Å². The van der Waals surface area contributed by atoms with Crippen LogP contribution in [0, 0.1) is 0 Å². The monoisotopic (exact) mass is 352 g/mol. The second kappa shape index (κ2) is 6.71. The van der Waals surface area contributed by atoms with E-state index in [4.69, 9.17) is 18.8 Å². The average Bonchev–Trinajstić information content (AvgIpc) is 2.62. The summed E-state index contributed by atoms with van der Waals surface area (Å²) in [6, 6.07) is 0. The van der Waals surface area contributed by atoms with E-state index >= 15 is 0 Å². The zero-order valence-electron chi connectivity index (χ0n) is 17.0. The van der Waals surface area contributed by atoms with Gasteiger partial charge in [0.1, 0.15) is 0 Å². The van der Waals surface area contributed by atoms with Gasteiger partial charge in [-0.2, -0.15) is 0 Å². The summed E-state index contributed by atoms with van der Waals surface area (Å²) in [7, 11) is -0.457. The summed E-state index contributed by atoms with van der Waals surface area (Å²) < 4.78 is 24.1. The lowest BCUT2D eigenvalue weighted by molar-refractivity contribution is -0.256. The first kappa shape index (κ1) is 20.5. The maximum atomic E-state index is 12.1. The van der Waals surface area contributed by atoms with Crippen LogP contribution in [0.4, 0.5) is 0 Å². The molecule has 0 bridgehead atoms. The Balaban J connectivity index is 2.17. The van der Waals surface area contributed by atoms with Crippen molar-refractivity contribution in [3.63, 3.8) is 0 Å². The number of unbranched alkanes of at least 4 members (excludes halogenated alkanes) is 1. The van der Waals surface area contributed by atoms with Crippen LogP contribution in [-0.2, 0) is 23.6 Å². The molecular weight excluding hydrogens is 319 g/mol. The Hall–Kier alpha value is -0.845. The zero-order valence-corrected chi connectivity index (χ0v) is 17.0. The largest absolute Gasteiger partial charge is 0.490 e. The van der Waals surface area contributed by atoms with Gasteiger partial charge in [0.2, 0.25) is 5.79 Å². The fourth-order valence-electron chi connectivity index (χ4n) is 3.31. The van der Waals surface area contributed by atoms with Gasteiger partial charge >= 0.3 is 13.1 Å². The zero-order chi connectivity index (χ0) is 19.1. The summed E-state index contributed by atoms with van der Waals surface area (Å²) in [5.74, 6) is -1.24. The number of hydrogen-bond acceptors (Lipinski definition) is 5. The minimum Gasteiger partial charge on any atom is -0.433 e. The molecule has 0 spiro atoms. The van der Waals surface area contributed by atoms with Gasteiger partial charge in [-0.3, -0.25) is 4.79 Å². The first-order valence-corrected chi connectivity index (χ1v) is 9.28. The third-order valence-electron chi connectivity index (χ3n) is 5.16. The fraction of sp³-hybridized carbons (Fsp3) is 0.842. The van der Waals surface area contributed by atoms with E-state index in [1.165, 1.54) is 0 Å². The standard InChI is InChI=1S/C19H33BO5/c1-9-10-11-15(21)22-19(8)13-14(12-16(2,3)23-19)20-24-17(4,5)18(6,7)25-20/h12H,9-11,13H2,1-8H3. The molecule has 2 heterocycles. The molecule has 2 aliphatic rings. The molecule has 25 heavy (non-hydrogen) atoms. The third kappa shape index (κ3) is 4.66. The summed E-state index contributed by atoms with van der Waals surface area (Å²) >= 11 is 0. The summed E-state index contributed by atoms with van der Waals surface area (Å²) in [6.07, 6.45) is 4.64. The lowest BCUT2D eigenvalue weighted by Crippen LogP contribution is -2.47. The van der Waals surface area contributed by atoms with Gasteiger partial charge in [-0.25, -0.2) is 0 Å². The van der Waals surface area contributed by atoms with Crippen molar-refractivity contribution in [1.82, 2.24) is 0 Å².